The number of halogens is 1. The third-order valence-electron chi connectivity index (χ3n) is 3.79. The molecule has 1 amide bonds. The monoisotopic (exact) mass is 300 g/mol. The van der Waals surface area contributed by atoms with E-state index in [4.69, 9.17) is 11.6 Å². The highest BCUT2D eigenvalue weighted by atomic mass is 35.5. The van der Waals surface area contributed by atoms with Crippen LogP contribution < -0.4 is 10.6 Å². The summed E-state index contributed by atoms with van der Waals surface area (Å²) in [5.41, 5.74) is 4.97. The van der Waals surface area contributed by atoms with Crippen LogP contribution in [-0.2, 0) is 13.0 Å². The molecule has 2 N–H and O–H groups in total. The Morgan fingerprint density at radius 1 is 1.19 bits per heavy atom. The first kappa shape index (κ1) is 14.1. The molecule has 2 aromatic carbocycles. The third-order valence-corrected chi connectivity index (χ3v) is 4.03. The van der Waals surface area contributed by atoms with Gasteiger partial charge in [-0.3, -0.25) is 4.79 Å². The molecule has 0 unspecified atom stereocenters. The van der Waals surface area contributed by atoms with Crippen LogP contribution in [0, 0.1) is 6.92 Å². The fourth-order valence-corrected chi connectivity index (χ4v) is 2.81. The maximum absolute atomic E-state index is 12.4. The summed E-state index contributed by atoms with van der Waals surface area (Å²) in [6.45, 7) is 3.76. The van der Waals surface area contributed by atoms with Gasteiger partial charge in [0.25, 0.3) is 5.91 Å². The minimum Gasteiger partial charge on any atom is -0.322 e. The number of carbonyl (C=O) groups is 1. The van der Waals surface area contributed by atoms with Crippen molar-refractivity contribution in [2.75, 3.05) is 11.9 Å². The van der Waals surface area contributed by atoms with Crippen LogP contribution in [0.5, 0.6) is 0 Å². The maximum atomic E-state index is 12.4. The zero-order valence-electron chi connectivity index (χ0n) is 11.9. The molecule has 1 aliphatic heterocycles. The van der Waals surface area contributed by atoms with Gasteiger partial charge in [0, 0.05) is 22.8 Å². The van der Waals surface area contributed by atoms with Gasteiger partial charge >= 0.3 is 0 Å². The van der Waals surface area contributed by atoms with Crippen molar-refractivity contribution >= 4 is 23.2 Å². The lowest BCUT2D eigenvalue weighted by atomic mass is 9.98. The number of anilines is 1. The van der Waals surface area contributed by atoms with Crippen LogP contribution >= 0.6 is 11.6 Å². The molecule has 108 valence electrons. The Morgan fingerprint density at radius 2 is 2.05 bits per heavy atom. The Morgan fingerprint density at radius 3 is 2.86 bits per heavy atom. The van der Waals surface area contributed by atoms with Crippen molar-refractivity contribution in [2.24, 2.45) is 0 Å². The Labute approximate surface area is 129 Å². The molecule has 2 aromatic rings. The number of benzene rings is 2. The van der Waals surface area contributed by atoms with Gasteiger partial charge in [0.1, 0.15) is 0 Å². The number of carbonyl (C=O) groups excluding carboxylic acids is 1. The fraction of sp³-hybridized carbons (Fsp3) is 0.235. The lowest BCUT2D eigenvalue weighted by Crippen LogP contribution is -2.24. The van der Waals surface area contributed by atoms with Gasteiger partial charge in [-0.15, -0.1) is 0 Å². The first-order valence-corrected chi connectivity index (χ1v) is 7.41. The second-order valence-electron chi connectivity index (χ2n) is 5.32. The molecule has 0 radical (unpaired) electrons. The molecule has 1 aliphatic rings. The van der Waals surface area contributed by atoms with E-state index in [2.05, 4.69) is 16.7 Å². The van der Waals surface area contributed by atoms with Crippen LogP contribution in [0.4, 0.5) is 5.69 Å². The maximum Gasteiger partial charge on any atom is 0.255 e. The molecule has 0 atom stereocenters. The summed E-state index contributed by atoms with van der Waals surface area (Å²) in [6, 6.07) is 11.4. The smallest absolute Gasteiger partial charge is 0.255 e. The highest BCUT2D eigenvalue weighted by Gasteiger charge is 2.13. The number of hydrogen-bond acceptors (Lipinski definition) is 2. The number of aryl methyl sites for hydroxylation is 1. The van der Waals surface area contributed by atoms with E-state index in [1.54, 1.807) is 6.07 Å². The van der Waals surface area contributed by atoms with E-state index in [1.165, 1.54) is 11.1 Å². The topological polar surface area (TPSA) is 41.1 Å². The van der Waals surface area contributed by atoms with Crippen LogP contribution in [0.15, 0.2) is 36.4 Å². The summed E-state index contributed by atoms with van der Waals surface area (Å²) < 4.78 is 0. The summed E-state index contributed by atoms with van der Waals surface area (Å²) in [7, 11) is 0. The van der Waals surface area contributed by atoms with Gasteiger partial charge in [0.05, 0.1) is 0 Å². The van der Waals surface area contributed by atoms with Crippen LogP contribution in [0.3, 0.4) is 0 Å². The summed E-state index contributed by atoms with van der Waals surface area (Å²) in [5, 5.41) is 6.94. The van der Waals surface area contributed by atoms with Crippen molar-refractivity contribution in [1.29, 1.82) is 0 Å². The van der Waals surface area contributed by atoms with Gasteiger partial charge in [-0.2, -0.15) is 0 Å². The van der Waals surface area contributed by atoms with Crippen LogP contribution in [0.1, 0.15) is 27.0 Å². The summed E-state index contributed by atoms with van der Waals surface area (Å²) in [4.78, 5) is 12.4. The molecule has 21 heavy (non-hydrogen) atoms. The molecule has 3 rings (SSSR count). The van der Waals surface area contributed by atoms with E-state index in [0.717, 1.165) is 30.8 Å². The highest BCUT2D eigenvalue weighted by molar-refractivity contribution is 6.30. The standard InChI is InChI=1S/C17H17ClN2O/c1-11-8-15(18)4-5-16(11)20-17(21)13-3-2-12-6-7-19-10-14(12)9-13/h2-5,8-9,19H,6-7,10H2,1H3,(H,20,21). The largest absolute Gasteiger partial charge is 0.322 e. The van der Waals surface area contributed by atoms with Crippen LogP contribution in [0.25, 0.3) is 0 Å². The zero-order chi connectivity index (χ0) is 14.8. The second-order valence-corrected chi connectivity index (χ2v) is 5.76. The summed E-state index contributed by atoms with van der Waals surface area (Å²) in [6.07, 6.45) is 1.02. The molecule has 0 aromatic heterocycles. The highest BCUT2D eigenvalue weighted by Crippen LogP contribution is 2.21. The molecule has 1 heterocycles. The first-order chi connectivity index (χ1) is 10.1. The Hall–Kier alpha value is -1.84. The number of hydrogen-bond donors (Lipinski definition) is 2. The average Bonchev–Trinajstić information content (AvgIpc) is 2.49. The normalized spacial score (nSPS) is 13.6. The fourth-order valence-electron chi connectivity index (χ4n) is 2.58. The van der Waals surface area contributed by atoms with E-state index in [-0.39, 0.29) is 5.91 Å². The van der Waals surface area contributed by atoms with Crippen LogP contribution in [0.2, 0.25) is 5.02 Å². The summed E-state index contributed by atoms with van der Waals surface area (Å²) in [5.74, 6) is -0.0891. The molecule has 3 nitrogen and oxygen atoms in total. The number of nitrogens with one attached hydrogen (secondary N) is 2. The lowest BCUT2D eigenvalue weighted by Gasteiger charge is -2.18. The van der Waals surface area contributed by atoms with E-state index < -0.39 is 0 Å². The summed E-state index contributed by atoms with van der Waals surface area (Å²) >= 11 is 5.93. The van der Waals surface area contributed by atoms with Crippen molar-refractivity contribution < 1.29 is 4.79 Å². The molecule has 0 aliphatic carbocycles. The van der Waals surface area contributed by atoms with Crippen molar-refractivity contribution in [1.82, 2.24) is 5.32 Å². The van der Waals surface area contributed by atoms with Gasteiger partial charge in [0.15, 0.2) is 0 Å². The quantitative estimate of drug-likeness (QED) is 0.890. The molecule has 0 saturated carbocycles. The molecule has 0 saturated heterocycles. The molecule has 0 fully saturated rings. The Balaban J connectivity index is 1.82. The number of rotatable bonds is 2. The number of fused-ring (bicyclic) bond motifs is 1. The van der Waals surface area contributed by atoms with E-state index in [0.29, 0.717) is 10.6 Å². The Bertz CT molecular complexity index is 697. The van der Waals surface area contributed by atoms with Crippen molar-refractivity contribution in [3.8, 4) is 0 Å². The molecule has 0 spiro atoms. The van der Waals surface area contributed by atoms with E-state index >= 15 is 0 Å². The SMILES string of the molecule is Cc1cc(Cl)ccc1NC(=O)c1ccc2c(c1)CNCC2. The Kier molecular flexibility index (Phi) is 3.95. The minimum absolute atomic E-state index is 0.0891. The predicted octanol–water partition coefficient (Wildman–Crippen LogP) is 3.55. The average molecular weight is 301 g/mol. The van der Waals surface area contributed by atoms with Gasteiger partial charge in [-0.05, 0) is 66.9 Å². The van der Waals surface area contributed by atoms with Crippen molar-refractivity contribution in [3.63, 3.8) is 0 Å². The predicted molar refractivity (Wildman–Crippen MR) is 86.0 cm³/mol. The van der Waals surface area contributed by atoms with Crippen LogP contribution in [-0.4, -0.2) is 12.5 Å². The zero-order valence-corrected chi connectivity index (χ0v) is 12.6. The number of amides is 1. The molecule has 4 heteroatoms. The van der Waals surface area contributed by atoms with Crippen molar-refractivity contribution in [3.05, 3.63) is 63.7 Å². The van der Waals surface area contributed by atoms with E-state index in [9.17, 15) is 4.79 Å². The second kappa shape index (κ2) is 5.88. The molecular formula is C17H17ClN2O. The van der Waals surface area contributed by atoms with E-state index in [1.807, 2.05) is 31.2 Å². The molecule has 0 bridgehead atoms. The first-order valence-electron chi connectivity index (χ1n) is 7.03. The van der Waals surface area contributed by atoms with Gasteiger partial charge < -0.3 is 10.6 Å². The van der Waals surface area contributed by atoms with Gasteiger partial charge in [-0.1, -0.05) is 17.7 Å². The lowest BCUT2D eigenvalue weighted by molar-refractivity contribution is 0.102. The van der Waals surface area contributed by atoms with Crippen molar-refractivity contribution in [2.45, 2.75) is 19.9 Å². The third kappa shape index (κ3) is 3.09. The van der Waals surface area contributed by atoms with Gasteiger partial charge in [0.2, 0.25) is 0 Å². The minimum atomic E-state index is -0.0891. The van der Waals surface area contributed by atoms with Gasteiger partial charge in [-0.25, -0.2) is 0 Å². The molecular weight excluding hydrogens is 284 g/mol.